The second kappa shape index (κ2) is 4.06. The van der Waals surface area contributed by atoms with Crippen molar-refractivity contribution >= 4 is 23.5 Å². The van der Waals surface area contributed by atoms with Crippen LogP contribution in [-0.4, -0.2) is 36.2 Å². The molecule has 0 amide bonds. The smallest absolute Gasteiger partial charge is 0.199 e. The third-order valence-electron chi connectivity index (χ3n) is 1.71. The molecule has 16 heavy (non-hydrogen) atoms. The number of hydrogen-bond acceptors (Lipinski definition) is 6. The Kier molecular flexibility index (Phi) is 2.60. The Bertz CT molecular complexity index is 522. The van der Waals surface area contributed by atoms with Crippen molar-refractivity contribution in [3.63, 3.8) is 0 Å². The Morgan fingerprint density at radius 3 is 3.12 bits per heavy atom. The molecule has 4 N–H and O–H groups in total. The summed E-state index contributed by atoms with van der Waals surface area (Å²) < 4.78 is 0.778. The molecule has 0 radical (unpaired) electrons. The van der Waals surface area contributed by atoms with Crippen LogP contribution in [0.2, 0.25) is 0 Å². The lowest BCUT2D eigenvalue weighted by Crippen LogP contribution is -2.24. The predicted octanol–water partition coefficient (Wildman–Crippen LogP) is -0.818. The van der Waals surface area contributed by atoms with Gasteiger partial charge in [-0.3, -0.25) is 5.43 Å². The Hall–Kier alpha value is -2.29. The van der Waals surface area contributed by atoms with Gasteiger partial charge < -0.3 is 10.9 Å². The first-order valence-corrected chi connectivity index (χ1v) is 4.55. The number of hydrazone groups is 1. The van der Waals surface area contributed by atoms with Gasteiger partial charge in [0.05, 0.1) is 6.21 Å². The van der Waals surface area contributed by atoms with E-state index >= 15 is 0 Å². The molecule has 0 aliphatic carbocycles. The third-order valence-corrected chi connectivity index (χ3v) is 1.80. The van der Waals surface area contributed by atoms with Crippen LogP contribution >= 0.6 is 12.2 Å². The van der Waals surface area contributed by atoms with Crippen molar-refractivity contribution in [2.24, 2.45) is 10.8 Å². The lowest BCUT2D eigenvalue weighted by molar-refractivity contribution is 0.183. The van der Waals surface area contributed by atoms with Crippen LogP contribution < -0.4 is 11.2 Å². The van der Waals surface area contributed by atoms with E-state index in [1.165, 1.54) is 18.9 Å². The number of rotatable bonds is 2. The SMILES string of the molecule is NC(=S)N/N=C/c1ncn(O)c2ncnc1-2. The Morgan fingerprint density at radius 2 is 2.38 bits per heavy atom. The monoisotopic (exact) mass is 237 g/mol. The minimum Gasteiger partial charge on any atom is -0.425 e. The van der Waals surface area contributed by atoms with Crippen molar-refractivity contribution in [1.29, 1.82) is 0 Å². The molecule has 82 valence electrons. The zero-order valence-electron chi connectivity index (χ0n) is 7.90. The number of thiocarbonyl (C=S) groups is 1. The van der Waals surface area contributed by atoms with Crippen LogP contribution in [0.4, 0.5) is 0 Å². The molecule has 0 aromatic heterocycles. The van der Waals surface area contributed by atoms with Crippen LogP contribution in [0.1, 0.15) is 5.69 Å². The maximum Gasteiger partial charge on any atom is 0.199 e. The van der Waals surface area contributed by atoms with Gasteiger partial charge in [0.15, 0.2) is 10.9 Å². The summed E-state index contributed by atoms with van der Waals surface area (Å²) >= 11 is 4.57. The normalized spacial score (nSPS) is 11.0. The number of nitrogens with one attached hydrogen (secondary N) is 1. The Balaban J connectivity index is 2.32. The van der Waals surface area contributed by atoms with Crippen molar-refractivity contribution in [3.05, 3.63) is 18.3 Å². The highest BCUT2D eigenvalue weighted by molar-refractivity contribution is 7.80. The van der Waals surface area contributed by atoms with Crippen LogP contribution in [0.15, 0.2) is 17.8 Å². The summed E-state index contributed by atoms with van der Waals surface area (Å²) in [7, 11) is 0. The van der Waals surface area contributed by atoms with Crippen LogP contribution in [0.5, 0.6) is 0 Å². The van der Waals surface area contributed by atoms with E-state index in [0.717, 1.165) is 4.73 Å². The summed E-state index contributed by atoms with van der Waals surface area (Å²) in [6.45, 7) is 0. The van der Waals surface area contributed by atoms with Gasteiger partial charge in [-0.05, 0) is 12.2 Å². The molecule has 2 aliphatic heterocycles. The fraction of sp³-hybridized carbons (Fsp3) is 0. The predicted molar refractivity (Wildman–Crippen MR) is 59.1 cm³/mol. The summed E-state index contributed by atoms with van der Waals surface area (Å²) in [5, 5.41) is 13.1. The highest BCUT2D eigenvalue weighted by atomic mass is 32.1. The first kappa shape index (κ1) is 10.2. The zero-order chi connectivity index (χ0) is 11.5. The van der Waals surface area contributed by atoms with Crippen LogP contribution in [0.25, 0.3) is 11.5 Å². The number of nitrogens with zero attached hydrogens (tertiary/aromatic N) is 5. The summed E-state index contributed by atoms with van der Waals surface area (Å²) in [5.41, 5.74) is 8.45. The van der Waals surface area contributed by atoms with E-state index in [2.05, 4.69) is 37.7 Å². The lowest BCUT2D eigenvalue weighted by Gasteiger charge is -2.03. The van der Waals surface area contributed by atoms with Crippen LogP contribution in [0, 0.1) is 0 Å². The molecule has 0 bridgehead atoms. The average Bonchev–Trinajstić information content (AvgIpc) is 2.70. The highest BCUT2D eigenvalue weighted by Gasteiger charge is 2.14. The van der Waals surface area contributed by atoms with Crippen molar-refractivity contribution in [3.8, 4) is 11.5 Å². The molecule has 0 unspecified atom stereocenters. The largest absolute Gasteiger partial charge is 0.425 e. The zero-order valence-corrected chi connectivity index (χ0v) is 8.72. The quantitative estimate of drug-likeness (QED) is 0.270. The molecule has 0 atom stereocenters. The summed E-state index contributed by atoms with van der Waals surface area (Å²) in [6.07, 6.45) is 3.90. The van der Waals surface area contributed by atoms with Gasteiger partial charge in [0.25, 0.3) is 0 Å². The fourth-order valence-corrected chi connectivity index (χ4v) is 1.15. The van der Waals surface area contributed by atoms with Crippen molar-refractivity contribution in [2.45, 2.75) is 0 Å². The molecule has 0 fully saturated rings. The van der Waals surface area contributed by atoms with Gasteiger partial charge in [0.1, 0.15) is 24.0 Å². The minimum absolute atomic E-state index is 0.0502. The summed E-state index contributed by atoms with van der Waals surface area (Å²) in [5.74, 6) is 0.298. The lowest BCUT2D eigenvalue weighted by atomic mass is 10.3. The van der Waals surface area contributed by atoms with Gasteiger partial charge in [-0.1, -0.05) is 0 Å². The molecule has 0 saturated heterocycles. The summed E-state index contributed by atoms with van der Waals surface area (Å²) in [6, 6.07) is 0. The second-order valence-electron chi connectivity index (χ2n) is 2.75. The Labute approximate surface area is 95.1 Å². The number of hydrogen-bond donors (Lipinski definition) is 3. The first-order chi connectivity index (χ1) is 7.68. The van der Waals surface area contributed by atoms with Crippen molar-refractivity contribution < 1.29 is 5.21 Å². The van der Waals surface area contributed by atoms with E-state index in [9.17, 15) is 5.21 Å². The van der Waals surface area contributed by atoms with Gasteiger partial charge in [-0.25, -0.2) is 15.0 Å². The maximum absolute atomic E-state index is 9.35. The van der Waals surface area contributed by atoms with Crippen molar-refractivity contribution in [2.75, 3.05) is 0 Å². The number of imidazole rings is 1. The van der Waals surface area contributed by atoms with Crippen molar-refractivity contribution in [1.82, 2.24) is 25.1 Å². The highest BCUT2D eigenvalue weighted by Crippen LogP contribution is 2.16. The van der Waals surface area contributed by atoms with E-state index in [1.807, 2.05) is 0 Å². The van der Waals surface area contributed by atoms with E-state index < -0.39 is 0 Å². The van der Waals surface area contributed by atoms with Gasteiger partial charge in [-0.15, -0.1) is 0 Å². The molecular weight excluding hydrogens is 230 g/mol. The first-order valence-electron chi connectivity index (χ1n) is 4.14. The molecular formula is C7H7N7OS. The molecule has 0 saturated carbocycles. The van der Waals surface area contributed by atoms with Crippen LogP contribution in [0.3, 0.4) is 0 Å². The van der Waals surface area contributed by atoms with Gasteiger partial charge in [0, 0.05) is 0 Å². The van der Waals surface area contributed by atoms with E-state index in [1.54, 1.807) is 0 Å². The minimum atomic E-state index is 0.0502. The van der Waals surface area contributed by atoms with E-state index in [4.69, 9.17) is 5.73 Å². The molecule has 0 aromatic rings. The second-order valence-corrected chi connectivity index (χ2v) is 3.19. The molecule has 8 nitrogen and oxygen atoms in total. The maximum atomic E-state index is 9.35. The molecule has 0 aromatic carbocycles. The van der Waals surface area contributed by atoms with E-state index in [0.29, 0.717) is 17.2 Å². The van der Waals surface area contributed by atoms with E-state index in [-0.39, 0.29) is 5.11 Å². The fourth-order valence-electron chi connectivity index (χ4n) is 1.09. The topological polar surface area (TPSA) is 114 Å². The average molecular weight is 237 g/mol. The molecule has 2 aliphatic rings. The number of nitrogens with two attached hydrogens (primary N) is 1. The van der Waals surface area contributed by atoms with Crippen LogP contribution in [-0.2, 0) is 0 Å². The molecule has 0 spiro atoms. The Morgan fingerprint density at radius 1 is 1.56 bits per heavy atom. The molecule has 9 heteroatoms. The number of aromatic nitrogens is 4. The van der Waals surface area contributed by atoms with Gasteiger partial charge >= 0.3 is 0 Å². The molecule has 2 heterocycles. The molecule has 2 rings (SSSR count). The van der Waals surface area contributed by atoms with Gasteiger partial charge in [-0.2, -0.15) is 9.83 Å². The number of fused-ring (bicyclic) bond motifs is 1. The standard InChI is InChI=1S/C7H7N7OS/c8-7(16)13-12-1-4-5-6(10-2-9-5)14(15)3-11-4/h1-3,15H,(H3,8,13,16)/b12-1+. The third kappa shape index (κ3) is 1.88. The van der Waals surface area contributed by atoms with Gasteiger partial charge in [0.2, 0.25) is 0 Å². The summed E-state index contributed by atoms with van der Waals surface area (Å²) in [4.78, 5) is 11.7.